The van der Waals surface area contributed by atoms with Crippen molar-refractivity contribution in [1.82, 2.24) is 15.0 Å². The van der Waals surface area contributed by atoms with E-state index in [0.29, 0.717) is 16.9 Å². The SMILES string of the molecule is CCCc1ccccc1Oc1ncnc(OCc2ccccc2C(=COC)C(=O)O)n1. The summed E-state index contributed by atoms with van der Waals surface area (Å²) in [6, 6.07) is 14.9. The molecule has 160 valence electrons. The number of hydrogen-bond acceptors (Lipinski definition) is 7. The van der Waals surface area contributed by atoms with Gasteiger partial charge in [-0.15, -0.1) is 4.98 Å². The second kappa shape index (κ2) is 10.7. The summed E-state index contributed by atoms with van der Waals surface area (Å²) >= 11 is 0. The zero-order valence-corrected chi connectivity index (χ0v) is 17.3. The van der Waals surface area contributed by atoms with Crippen LogP contribution in [0.2, 0.25) is 0 Å². The van der Waals surface area contributed by atoms with Crippen molar-refractivity contribution in [3.05, 3.63) is 77.8 Å². The fraction of sp³-hybridized carbons (Fsp3) is 0.217. The lowest BCUT2D eigenvalue weighted by Crippen LogP contribution is -2.07. The minimum atomic E-state index is -1.10. The molecule has 0 atom stereocenters. The molecule has 0 fully saturated rings. The zero-order valence-electron chi connectivity index (χ0n) is 17.3. The van der Waals surface area contributed by atoms with Crippen LogP contribution in [0.25, 0.3) is 5.57 Å². The largest absolute Gasteiger partial charge is 0.503 e. The van der Waals surface area contributed by atoms with Crippen molar-refractivity contribution in [2.45, 2.75) is 26.4 Å². The van der Waals surface area contributed by atoms with Crippen molar-refractivity contribution in [2.24, 2.45) is 0 Å². The Hall–Kier alpha value is -3.94. The number of nitrogens with zero attached hydrogens (tertiary/aromatic N) is 3. The number of rotatable bonds is 10. The maximum Gasteiger partial charge on any atom is 0.339 e. The lowest BCUT2D eigenvalue weighted by Gasteiger charge is -2.11. The summed E-state index contributed by atoms with van der Waals surface area (Å²) in [5.74, 6) is -0.418. The minimum Gasteiger partial charge on any atom is -0.503 e. The van der Waals surface area contributed by atoms with Gasteiger partial charge in [-0.1, -0.05) is 55.8 Å². The van der Waals surface area contributed by atoms with Gasteiger partial charge in [0.2, 0.25) is 0 Å². The summed E-state index contributed by atoms with van der Waals surface area (Å²) in [5.41, 5.74) is 2.21. The highest BCUT2D eigenvalue weighted by atomic mass is 16.5. The van der Waals surface area contributed by atoms with E-state index in [1.165, 1.54) is 19.7 Å². The van der Waals surface area contributed by atoms with Crippen LogP contribution in [0.5, 0.6) is 17.8 Å². The Bertz CT molecular complexity index is 1070. The summed E-state index contributed by atoms with van der Waals surface area (Å²) in [7, 11) is 1.40. The Morgan fingerprint density at radius 1 is 1.03 bits per heavy atom. The molecule has 0 spiro atoms. The van der Waals surface area contributed by atoms with Crippen LogP contribution in [-0.2, 0) is 22.6 Å². The molecule has 0 saturated carbocycles. The number of carbonyl (C=O) groups is 1. The third kappa shape index (κ3) is 5.79. The Labute approximate surface area is 180 Å². The van der Waals surface area contributed by atoms with Crippen LogP contribution in [-0.4, -0.2) is 33.1 Å². The van der Waals surface area contributed by atoms with E-state index < -0.39 is 5.97 Å². The number of para-hydroxylation sites is 1. The third-order valence-electron chi connectivity index (χ3n) is 4.35. The highest BCUT2D eigenvalue weighted by molar-refractivity contribution is 6.15. The molecule has 0 amide bonds. The second-order valence-corrected chi connectivity index (χ2v) is 6.53. The summed E-state index contributed by atoms with van der Waals surface area (Å²) in [4.78, 5) is 23.9. The number of carboxylic acid groups (broad SMARTS) is 1. The molecule has 0 aliphatic carbocycles. The first kappa shape index (κ1) is 21.8. The summed E-state index contributed by atoms with van der Waals surface area (Å²) in [6.07, 6.45) is 4.35. The molecule has 0 aliphatic heterocycles. The number of ether oxygens (including phenoxy) is 3. The van der Waals surface area contributed by atoms with E-state index in [0.717, 1.165) is 18.4 Å². The zero-order chi connectivity index (χ0) is 22.1. The van der Waals surface area contributed by atoms with E-state index in [-0.39, 0.29) is 24.2 Å². The van der Waals surface area contributed by atoms with Crippen molar-refractivity contribution in [2.75, 3.05) is 7.11 Å². The Morgan fingerprint density at radius 2 is 1.74 bits per heavy atom. The first-order chi connectivity index (χ1) is 15.1. The van der Waals surface area contributed by atoms with Crippen molar-refractivity contribution in [3.8, 4) is 17.8 Å². The molecule has 0 aliphatic rings. The molecule has 2 aromatic carbocycles. The molecular weight excluding hydrogens is 398 g/mol. The summed E-state index contributed by atoms with van der Waals surface area (Å²) in [5, 5.41) is 9.47. The van der Waals surface area contributed by atoms with E-state index in [1.54, 1.807) is 24.3 Å². The van der Waals surface area contributed by atoms with E-state index in [1.807, 2.05) is 24.3 Å². The monoisotopic (exact) mass is 421 g/mol. The Kier molecular flexibility index (Phi) is 7.53. The van der Waals surface area contributed by atoms with Crippen molar-refractivity contribution in [3.63, 3.8) is 0 Å². The van der Waals surface area contributed by atoms with E-state index >= 15 is 0 Å². The number of hydrogen-bond donors (Lipinski definition) is 1. The molecule has 3 rings (SSSR count). The predicted molar refractivity (Wildman–Crippen MR) is 114 cm³/mol. The maximum atomic E-state index is 11.6. The van der Waals surface area contributed by atoms with Gasteiger partial charge in [-0.3, -0.25) is 0 Å². The van der Waals surface area contributed by atoms with Gasteiger partial charge in [0.25, 0.3) is 0 Å². The number of benzene rings is 2. The average molecular weight is 421 g/mol. The van der Waals surface area contributed by atoms with Crippen molar-refractivity contribution < 1.29 is 24.1 Å². The van der Waals surface area contributed by atoms with Gasteiger partial charge >= 0.3 is 18.0 Å². The lowest BCUT2D eigenvalue weighted by atomic mass is 10.0. The summed E-state index contributed by atoms with van der Waals surface area (Å²) < 4.78 is 16.4. The molecule has 0 unspecified atom stereocenters. The van der Waals surface area contributed by atoms with Gasteiger partial charge in [-0.2, -0.15) is 9.97 Å². The minimum absolute atomic E-state index is 0.0221. The van der Waals surface area contributed by atoms with Gasteiger partial charge in [0, 0.05) is 0 Å². The molecule has 0 saturated heterocycles. The Morgan fingerprint density at radius 3 is 2.48 bits per heavy atom. The number of aryl methyl sites for hydroxylation is 1. The van der Waals surface area contributed by atoms with Gasteiger partial charge in [0.05, 0.1) is 13.4 Å². The van der Waals surface area contributed by atoms with Crippen LogP contribution in [0.3, 0.4) is 0 Å². The fourth-order valence-electron chi connectivity index (χ4n) is 2.96. The van der Waals surface area contributed by atoms with Crippen molar-refractivity contribution >= 4 is 11.5 Å². The van der Waals surface area contributed by atoms with E-state index in [9.17, 15) is 9.90 Å². The molecule has 1 N–H and O–H groups in total. The van der Waals surface area contributed by atoms with Crippen LogP contribution in [0, 0.1) is 0 Å². The van der Waals surface area contributed by atoms with Crippen LogP contribution in [0.4, 0.5) is 0 Å². The quantitative estimate of drug-likeness (QED) is 0.382. The Balaban J connectivity index is 1.76. The van der Waals surface area contributed by atoms with Crippen molar-refractivity contribution in [1.29, 1.82) is 0 Å². The number of carboxylic acids is 1. The fourth-order valence-corrected chi connectivity index (χ4v) is 2.96. The van der Waals surface area contributed by atoms with Gasteiger partial charge in [0.1, 0.15) is 24.3 Å². The van der Waals surface area contributed by atoms with Gasteiger partial charge in [-0.25, -0.2) is 4.79 Å². The molecule has 0 radical (unpaired) electrons. The number of aliphatic carboxylic acids is 1. The van der Waals surface area contributed by atoms with Crippen LogP contribution >= 0.6 is 0 Å². The van der Waals surface area contributed by atoms with Crippen LogP contribution in [0.15, 0.2) is 61.1 Å². The first-order valence-corrected chi connectivity index (χ1v) is 9.74. The van der Waals surface area contributed by atoms with Gasteiger partial charge in [-0.05, 0) is 29.2 Å². The number of aromatic nitrogens is 3. The predicted octanol–water partition coefficient (Wildman–Crippen LogP) is 4.27. The molecule has 1 aromatic heterocycles. The van der Waals surface area contributed by atoms with E-state index in [2.05, 4.69) is 21.9 Å². The second-order valence-electron chi connectivity index (χ2n) is 6.53. The molecule has 0 bridgehead atoms. The highest BCUT2D eigenvalue weighted by Crippen LogP contribution is 2.25. The maximum absolute atomic E-state index is 11.6. The first-order valence-electron chi connectivity index (χ1n) is 9.74. The summed E-state index contributed by atoms with van der Waals surface area (Å²) in [6.45, 7) is 2.15. The standard InChI is InChI=1S/C23H23N3O5/c1-3-8-16-9-5-7-12-20(16)31-23-25-15-24-22(26-23)30-13-17-10-4-6-11-18(17)19(14-29-2)21(27)28/h4-7,9-12,14-15H,3,8,13H2,1-2H3,(H,27,28). The lowest BCUT2D eigenvalue weighted by molar-refractivity contribution is -0.130. The average Bonchev–Trinajstić information content (AvgIpc) is 2.78. The smallest absolute Gasteiger partial charge is 0.339 e. The number of methoxy groups -OCH3 is 1. The molecule has 3 aromatic rings. The molecule has 8 heteroatoms. The molecular formula is C23H23N3O5. The van der Waals surface area contributed by atoms with E-state index in [4.69, 9.17) is 14.2 Å². The van der Waals surface area contributed by atoms with Gasteiger partial charge in [0.15, 0.2) is 0 Å². The van der Waals surface area contributed by atoms with Crippen LogP contribution < -0.4 is 9.47 Å². The topological polar surface area (TPSA) is 104 Å². The normalized spacial score (nSPS) is 11.1. The highest BCUT2D eigenvalue weighted by Gasteiger charge is 2.16. The third-order valence-corrected chi connectivity index (χ3v) is 4.35. The van der Waals surface area contributed by atoms with Gasteiger partial charge < -0.3 is 19.3 Å². The molecule has 1 heterocycles. The molecule has 8 nitrogen and oxygen atoms in total. The van der Waals surface area contributed by atoms with Crippen LogP contribution in [0.1, 0.15) is 30.0 Å². The molecule has 31 heavy (non-hydrogen) atoms.